The van der Waals surface area contributed by atoms with Gasteiger partial charge >= 0.3 is 0 Å². The summed E-state index contributed by atoms with van der Waals surface area (Å²) in [6.07, 6.45) is 0. The minimum atomic E-state index is -0.261. The first-order valence-corrected chi connectivity index (χ1v) is 26.7. The minimum Gasteiger partial charge on any atom is -0.310 e. The molecule has 0 fully saturated rings. The zero-order valence-electron chi connectivity index (χ0n) is 44.1. The highest BCUT2D eigenvalue weighted by molar-refractivity contribution is 5.95. The predicted octanol–water partition coefficient (Wildman–Crippen LogP) is 20.5. The number of fused-ring (bicyclic) bond motifs is 6. The van der Waals surface area contributed by atoms with Crippen molar-refractivity contribution in [2.75, 3.05) is 9.80 Å². The molecule has 11 aromatic carbocycles. The largest absolute Gasteiger partial charge is 0.310 e. The molecular weight excluding hydrogens is 917 g/mol. The smallest absolute Gasteiger partial charge is 0.0467 e. The predicted molar refractivity (Wildman–Crippen MR) is 322 cm³/mol. The molecule has 0 bridgehead atoms. The first-order valence-electron chi connectivity index (χ1n) is 26.7. The van der Waals surface area contributed by atoms with Crippen LogP contribution in [-0.2, 0) is 10.8 Å². The minimum absolute atomic E-state index is 0.261. The number of hydrogen-bond acceptors (Lipinski definition) is 2. The third-order valence-corrected chi connectivity index (χ3v) is 16.4. The number of nitrogens with zero attached hydrogens (tertiary/aromatic N) is 2. The van der Waals surface area contributed by atoms with E-state index in [-0.39, 0.29) is 10.8 Å². The first-order chi connectivity index (χ1) is 37.0. The molecule has 0 spiro atoms. The second-order valence-electron chi connectivity index (χ2n) is 21.9. The van der Waals surface area contributed by atoms with Gasteiger partial charge in [0, 0.05) is 45.0 Å². The van der Waals surface area contributed by atoms with Crippen LogP contribution in [0.5, 0.6) is 0 Å². The molecule has 0 atom stereocenters. The fourth-order valence-electron chi connectivity index (χ4n) is 12.5. The van der Waals surface area contributed by atoms with Crippen LogP contribution in [0, 0.1) is 13.8 Å². The summed E-state index contributed by atoms with van der Waals surface area (Å²) in [7, 11) is 0. The van der Waals surface area contributed by atoms with Crippen LogP contribution in [0.1, 0.15) is 61.1 Å². The zero-order chi connectivity index (χ0) is 51.7. The summed E-state index contributed by atoms with van der Waals surface area (Å²) in [5, 5.41) is 0. The van der Waals surface area contributed by atoms with Crippen molar-refractivity contribution in [3.05, 3.63) is 288 Å². The van der Waals surface area contributed by atoms with Gasteiger partial charge in [0.25, 0.3) is 0 Å². The van der Waals surface area contributed by atoms with Gasteiger partial charge in [0.15, 0.2) is 0 Å². The van der Waals surface area contributed by atoms with E-state index in [1.54, 1.807) is 0 Å². The van der Waals surface area contributed by atoms with Crippen molar-refractivity contribution in [3.8, 4) is 66.8 Å². The lowest BCUT2D eigenvalue weighted by Gasteiger charge is -2.29. The summed E-state index contributed by atoms with van der Waals surface area (Å²) in [5.41, 5.74) is 29.4. The average molecular weight is 977 g/mol. The zero-order valence-corrected chi connectivity index (χ0v) is 44.1. The second kappa shape index (κ2) is 18.4. The molecule has 0 saturated heterocycles. The molecule has 0 N–H and O–H groups in total. The van der Waals surface area contributed by atoms with Gasteiger partial charge in [0.1, 0.15) is 0 Å². The lowest BCUT2D eigenvalue weighted by molar-refractivity contribution is 0.652. The van der Waals surface area contributed by atoms with Crippen molar-refractivity contribution in [1.82, 2.24) is 0 Å². The fraction of sp³-hybridized carbons (Fsp3) is 0.108. The molecule has 2 aliphatic rings. The topological polar surface area (TPSA) is 6.48 Å². The van der Waals surface area contributed by atoms with Crippen LogP contribution < -0.4 is 9.80 Å². The van der Waals surface area contributed by atoms with Crippen LogP contribution in [0.4, 0.5) is 34.1 Å². The van der Waals surface area contributed by atoms with Gasteiger partial charge in [-0.05, 0) is 199 Å². The monoisotopic (exact) mass is 976 g/mol. The lowest BCUT2D eigenvalue weighted by atomic mass is 9.79. The van der Waals surface area contributed by atoms with Gasteiger partial charge in [0.05, 0.1) is 0 Å². The van der Waals surface area contributed by atoms with Crippen molar-refractivity contribution in [3.63, 3.8) is 0 Å². The highest BCUT2D eigenvalue weighted by atomic mass is 15.1. The van der Waals surface area contributed by atoms with Gasteiger partial charge in [-0.15, -0.1) is 0 Å². The van der Waals surface area contributed by atoms with Crippen molar-refractivity contribution >= 4 is 34.1 Å². The number of rotatable bonds is 10. The van der Waals surface area contributed by atoms with E-state index in [4.69, 9.17) is 0 Å². The summed E-state index contributed by atoms with van der Waals surface area (Å²) in [6.45, 7) is 14.4. The normalized spacial score (nSPS) is 13.3. The van der Waals surface area contributed by atoms with Crippen molar-refractivity contribution < 1.29 is 0 Å². The third-order valence-electron chi connectivity index (χ3n) is 16.4. The molecule has 76 heavy (non-hydrogen) atoms. The molecule has 0 aliphatic heterocycles. The molecule has 0 heterocycles. The van der Waals surface area contributed by atoms with Crippen LogP contribution in [0.25, 0.3) is 66.8 Å². The molecule has 2 heteroatoms. The highest BCUT2D eigenvalue weighted by Crippen LogP contribution is 2.59. The summed E-state index contributed by atoms with van der Waals surface area (Å²) in [5.74, 6) is 0. The Hall–Kier alpha value is -8.98. The second-order valence-corrected chi connectivity index (χ2v) is 21.9. The molecule has 366 valence electrons. The fourth-order valence-corrected chi connectivity index (χ4v) is 12.5. The molecule has 11 aromatic rings. The van der Waals surface area contributed by atoms with Gasteiger partial charge in [-0.2, -0.15) is 0 Å². The maximum absolute atomic E-state index is 2.57. The molecule has 2 nitrogen and oxygen atoms in total. The Balaban J connectivity index is 0.912. The van der Waals surface area contributed by atoms with E-state index in [0.717, 1.165) is 34.1 Å². The van der Waals surface area contributed by atoms with E-state index in [1.807, 2.05) is 0 Å². The Kier molecular flexibility index (Phi) is 11.4. The van der Waals surface area contributed by atoms with Crippen molar-refractivity contribution in [2.24, 2.45) is 0 Å². The maximum atomic E-state index is 2.57. The third kappa shape index (κ3) is 7.96. The Morgan fingerprint density at radius 1 is 0.237 bits per heavy atom. The molecular formula is C74H60N2. The Morgan fingerprint density at radius 2 is 0.539 bits per heavy atom. The van der Waals surface area contributed by atoms with E-state index in [2.05, 4.69) is 306 Å². The molecule has 2 aliphatic carbocycles. The number of hydrogen-bond donors (Lipinski definition) is 0. The Bertz CT molecular complexity index is 3700. The van der Waals surface area contributed by atoms with Crippen molar-refractivity contribution in [1.29, 1.82) is 0 Å². The molecule has 0 aromatic heterocycles. The lowest BCUT2D eigenvalue weighted by Crippen LogP contribution is -2.18. The quantitative estimate of drug-likeness (QED) is 0.135. The van der Waals surface area contributed by atoms with Gasteiger partial charge in [-0.3, -0.25) is 0 Å². The number of anilines is 6. The van der Waals surface area contributed by atoms with E-state index >= 15 is 0 Å². The Morgan fingerprint density at radius 3 is 0.882 bits per heavy atom. The first kappa shape index (κ1) is 46.8. The van der Waals surface area contributed by atoms with Crippen LogP contribution >= 0.6 is 0 Å². The van der Waals surface area contributed by atoms with Gasteiger partial charge in [0.2, 0.25) is 0 Å². The van der Waals surface area contributed by atoms with Gasteiger partial charge in [-0.1, -0.05) is 198 Å². The Labute approximate surface area is 448 Å². The molecule has 13 rings (SSSR count). The van der Waals surface area contributed by atoms with Crippen LogP contribution in [0.3, 0.4) is 0 Å². The summed E-state index contributed by atoms with van der Waals surface area (Å²) in [6, 6.07) is 93.8. The van der Waals surface area contributed by atoms with E-state index in [0.29, 0.717) is 0 Å². The highest BCUT2D eigenvalue weighted by Gasteiger charge is 2.43. The van der Waals surface area contributed by atoms with Gasteiger partial charge < -0.3 is 9.80 Å². The van der Waals surface area contributed by atoms with Gasteiger partial charge in [-0.25, -0.2) is 0 Å². The van der Waals surface area contributed by atoms with Crippen LogP contribution in [0.2, 0.25) is 0 Å². The van der Waals surface area contributed by atoms with E-state index < -0.39 is 0 Å². The summed E-state index contributed by atoms with van der Waals surface area (Å²) < 4.78 is 0. The van der Waals surface area contributed by atoms with E-state index in [1.165, 1.54) is 100 Å². The maximum Gasteiger partial charge on any atom is 0.0467 e. The number of benzene rings is 11. The SMILES string of the molecule is Cc1cc(N(c2ccc(-c3ccccc3)cc2)c2cccc(-c3ccccc3)c2)cc2c1-c1cc3c(cc1C2(C)C)-c1c(C)cc(N(c2ccc(-c4ccccc4)cc2)c2cccc(-c4ccccc4)c2)cc1C3(C)C. The molecule has 0 saturated carbocycles. The summed E-state index contributed by atoms with van der Waals surface area (Å²) >= 11 is 0. The molecule has 0 amide bonds. The van der Waals surface area contributed by atoms with E-state index in [9.17, 15) is 0 Å². The average Bonchev–Trinajstić information content (AvgIpc) is 3.88. The van der Waals surface area contributed by atoms with Crippen LogP contribution in [-0.4, -0.2) is 0 Å². The number of aryl methyl sites for hydroxylation is 2. The van der Waals surface area contributed by atoms with Crippen molar-refractivity contribution in [2.45, 2.75) is 52.4 Å². The van der Waals surface area contributed by atoms with Crippen LogP contribution in [0.15, 0.2) is 255 Å². The molecule has 0 radical (unpaired) electrons. The summed E-state index contributed by atoms with van der Waals surface area (Å²) in [4.78, 5) is 4.90. The standard InChI is InChI=1S/C74H60N2/c1-49-41-63(75(59-37-33-55(34-38-59)51-21-11-7-12-22-51)61-31-19-29-57(43-61)53-25-15-9-16-26-53)45-69-71(49)65-47-68-66(48-67(65)73(69,3)4)72-50(2)42-64(46-70(72)74(68,5)6)76(60-39-35-56(36-40-60)52-23-13-8-14-24-52)62-32-20-30-58(44-62)54-27-17-10-18-28-54/h7-48H,1-6H3. The molecule has 0 unspecified atom stereocenters.